The Kier molecular flexibility index (Phi) is 4.42. The number of hydrogen-bond acceptors (Lipinski definition) is 6. The van der Waals surface area contributed by atoms with Gasteiger partial charge in [-0.2, -0.15) is 0 Å². The van der Waals surface area contributed by atoms with Crippen molar-refractivity contribution < 1.29 is 18.8 Å². The van der Waals surface area contributed by atoms with E-state index in [9.17, 15) is 4.79 Å². The van der Waals surface area contributed by atoms with Gasteiger partial charge >= 0.3 is 0 Å². The Hall–Kier alpha value is -3.35. The van der Waals surface area contributed by atoms with Gasteiger partial charge in [0.05, 0.1) is 31.5 Å². The molecule has 0 atom stereocenters. The average Bonchev–Trinajstić information content (AvgIpc) is 3.09. The van der Waals surface area contributed by atoms with Crippen LogP contribution >= 0.6 is 0 Å². The monoisotopic (exact) mass is 325 g/mol. The minimum Gasteiger partial charge on any atom is -0.493 e. The average molecular weight is 325 g/mol. The van der Waals surface area contributed by atoms with E-state index in [-0.39, 0.29) is 11.8 Å². The molecular weight excluding hydrogens is 310 g/mol. The largest absolute Gasteiger partial charge is 0.493 e. The lowest BCUT2D eigenvalue weighted by Gasteiger charge is -2.09. The Balaban J connectivity index is 1.89. The molecular formula is C17H15N3O4. The van der Waals surface area contributed by atoms with Gasteiger partial charge in [0, 0.05) is 12.4 Å². The zero-order valence-corrected chi connectivity index (χ0v) is 13.1. The van der Waals surface area contributed by atoms with Crippen LogP contribution in [0.3, 0.4) is 0 Å². The van der Waals surface area contributed by atoms with E-state index in [1.807, 2.05) is 6.07 Å². The second-order valence-corrected chi connectivity index (χ2v) is 4.83. The maximum atomic E-state index is 12.2. The lowest BCUT2D eigenvalue weighted by atomic mass is 10.1. The first kappa shape index (κ1) is 15.5. The number of amides is 1. The molecule has 1 aromatic carbocycles. The molecule has 0 aliphatic rings. The van der Waals surface area contributed by atoms with Crippen LogP contribution in [-0.2, 0) is 0 Å². The first-order chi connectivity index (χ1) is 11.7. The quantitative estimate of drug-likeness (QED) is 0.776. The standard InChI is InChI=1S/C17H15N3O4/c1-22-14-6-5-11(8-15(14)23-2)13-10-19-24-17(13)20-16(21)12-4-3-7-18-9-12/h3-10H,1-2H3,(H,20,21). The van der Waals surface area contributed by atoms with Crippen LogP contribution in [-0.4, -0.2) is 30.3 Å². The molecule has 0 bridgehead atoms. The van der Waals surface area contributed by atoms with Crippen LogP contribution in [0.2, 0.25) is 0 Å². The van der Waals surface area contributed by atoms with Crippen molar-refractivity contribution in [1.29, 1.82) is 0 Å². The number of nitrogens with one attached hydrogen (secondary N) is 1. The molecule has 0 spiro atoms. The van der Waals surface area contributed by atoms with E-state index in [1.165, 1.54) is 12.4 Å². The highest BCUT2D eigenvalue weighted by molar-refractivity contribution is 6.04. The van der Waals surface area contributed by atoms with Crippen molar-refractivity contribution in [2.24, 2.45) is 0 Å². The van der Waals surface area contributed by atoms with Crippen molar-refractivity contribution >= 4 is 11.8 Å². The van der Waals surface area contributed by atoms with Gasteiger partial charge in [-0.15, -0.1) is 0 Å². The number of carbonyl (C=O) groups excluding carboxylic acids is 1. The van der Waals surface area contributed by atoms with Crippen molar-refractivity contribution in [3.63, 3.8) is 0 Å². The summed E-state index contributed by atoms with van der Waals surface area (Å²) in [7, 11) is 3.12. The van der Waals surface area contributed by atoms with E-state index in [1.54, 1.807) is 44.7 Å². The number of ether oxygens (including phenoxy) is 2. The first-order valence-corrected chi connectivity index (χ1v) is 7.11. The van der Waals surface area contributed by atoms with Crippen LogP contribution < -0.4 is 14.8 Å². The molecule has 0 saturated heterocycles. The van der Waals surface area contributed by atoms with Gasteiger partial charge in [-0.05, 0) is 29.8 Å². The second kappa shape index (κ2) is 6.82. The summed E-state index contributed by atoms with van der Waals surface area (Å²) < 4.78 is 15.7. The lowest BCUT2D eigenvalue weighted by molar-refractivity contribution is 0.102. The highest BCUT2D eigenvalue weighted by atomic mass is 16.5. The number of benzene rings is 1. The predicted molar refractivity (Wildman–Crippen MR) is 87.2 cm³/mol. The summed E-state index contributed by atoms with van der Waals surface area (Å²) in [5.74, 6) is 1.09. The number of carbonyl (C=O) groups is 1. The van der Waals surface area contributed by atoms with Crippen LogP contribution in [0.5, 0.6) is 11.5 Å². The fraction of sp³-hybridized carbons (Fsp3) is 0.118. The molecule has 1 N–H and O–H groups in total. The molecule has 7 heteroatoms. The van der Waals surface area contributed by atoms with Gasteiger partial charge in [0.15, 0.2) is 11.5 Å². The van der Waals surface area contributed by atoms with E-state index in [0.29, 0.717) is 22.6 Å². The molecule has 2 heterocycles. The van der Waals surface area contributed by atoms with E-state index >= 15 is 0 Å². The molecule has 0 radical (unpaired) electrons. The van der Waals surface area contributed by atoms with E-state index in [2.05, 4.69) is 15.5 Å². The number of pyridine rings is 1. The Labute approximate surface area is 138 Å². The molecule has 3 rings (SSSR count). The van der Waals surface area contributed by atoms with Crippen molar-refractivity contribution in [2.75, 3.05) is 19.5 Å². The fourth-order valence-electron chi connectivity index (χ4n) is 2.21. The third kappa shape index (κ3) is 3.05. The second-order valence-electron chi connectivity index (χ2n) is 4.83. The molecule has 2 aromatic heterocycles. The Bertz CT molecular complexity index is 846. The highest BCUT2D eigenvalue weighted by Crippen LogP contribution is 2.35. The third-order valence-corrected chi connectivity index (χ3v) is 3.42. The number of hydrogen-bond donors (Lipinski definition) is 1. The van der Waals surface area contributed by atoms with Crippen LogP contribution in [0, 0.1) is 0 Å². The van der Waals surface area contributed by atoms with Crippen molar-refractivity contribution in [1.82, 2.24) is 10.1 Å². The van der Waals surface area contributed by atoms with Gasteiger partial charge < -0.3 is 14.0 Å². The predicted octanol–water partition coefficient (Wildman–Crippen LogP) is 3.01. The first-order valence-electron chi connectivity index (χ1n) is 7.11. The van der Waals surface area contributed by atoms with Gasteiger partial charge in [0.2, 0.25) is 5.88 Å². The summed E-state index contributed by atoms with van der Waals surface area (Å²) in [4.78, 5) is 16.2. The normalized spacial score (nSPS) is 10.2. The summed E-state index contributed by atoms with van der Waals surface area (Å²) in [6.07, 6.45) is 4.60. The summed E-state index contributed by atoms with van der Waals surface area (Å²) >= 11 is 0. The summed E-state index contributed by atoms with van der Waals surface area (Å²) in [5.41, 5.74) is 1.83. The number of methoxy groups -OCH3 is 2. The number of anilines is 1. The van der Waals surface area contributed by atoms with Crippen molar-refractivity contribution in [3.05, 3.63) is 54.5 Å². The number of nitrogens with zero attached hydrogens (tertiary/aromatic N) is 2. The molecule has 0 aliphatic carbocycles. The summed E-state index contributed by atoms with van der Waals surface area (Å²) in [5, 5.41) is 6.46. The molecule has 0 fully saturated rings. The summed E-state index contributed by atoms with van der Waals surface area (Å²) in [6, 6.07) is 8.73. The smallest absolute Gasteiger partial charge is 0.259 e. The Morgan fingerprint density at radius 3 is 2.67 bits per heavy atom. The number of aromatic nitrogens is 2. The summed E-state index contributed by atoms with van der Waals surface area (Å²) in [6.45, 7) is 0. The van der Waals surface area contributed by atoms with Crippen LogP contribution in [0.1, 0.15) is 10.4 Å². The number of rotatable bonds is 5. The SMILES string of the molecule is COc1ccc(-c2cnoc2NC(=O)c2cccnc2)cc1OC. The highest BCUT2D eigenvalue weighted by Gasteiger charge is 2.16. The van der Waals surface area contributed by atoms with Gasteiger partial charge in [-0.25, -0.2) is 0 Å². The molecule has 122 valence electrons. The van der Waals surface area contributed by atoms with E-state index in [0.717, 1.165) is 5.56 Å². The van der Waals surface area contributed by atoms with Crippen molar-refractivity contribution in [3.8, 4) is 22.6 Å². The minimum atomic E-state index is -0.332. The Morgan fingerprint density at radius 1 is 1.12 bits per heavy atom. The van der Waals surface area contributed by atoms with Crippen LogP contribution in [0.15, 0.2) is 53.4 Å². The van der Waals surface area contributed by atoms with Crippen LogP contribution in [0.4, 0.5) is 5.88 Å². The molecule has 7 nitrogen and oxygen atoms in total. The zero-order valence-electron chi connectivity index (χ0n) is 13.1. The maximum Gasteiger partial charge on any atom is 0.259 e. The van der Waals surface area contributed by atoms with E-state index in [4.69, 9.17) is 14.0 Å². The Morgan fingerprint density at radius 2 is 1.96 bits per heavy atom. The molecule has 0 aliphatic heterocycles. The molecule has 1 amide bonds. The molecule has 0 saturated carbocycles. The topological polar surface area (TPSA) is 86.5 Å². The van der Waals surface area contributed by atoms with Gasteiger partial charge in [0.1, 0.15) is 0 Å². The van der Waals surface area contributed by atoms with Crippen LogP contribution in [0.25, 0.3) is 11.1 Å². The van der Waals surface area contributed by atoms with Gasteiger partial charge in [-0.3, -0.25) is 15.1 Å². The minimum absolute atomic E-state index is 0.246. The third-order valence-electron chi connectivity index (χ3n) is 3.42. The zero-order chi connectivity index (χ0) is 16.9. The van der Waals surface area contributed by atoms with Crippen molar-refractivity contribution in [2.45, 2.75) is 0 Å². The molecule has 3 aromatic rings. The molecule has 24 heavy (non-hydrogen) atoms. The maximum absolute atomic E-state index is 12.2. The van der Waals surface area contributed by atoms with Gasteiger partial charge in [-0.1, -0.05) is 11.2 Å². The van der Waals surface area contributed by atoms with E-state index < -0.39 is 0 Å². The lowest BCUT2D eigenvalue weighted by Crippen LogP contribution is -2.12. The fourth-order valence-corrected chi connectivity index (χ4v) is 2.21. The van der Waals surface area contributed by atoms with Gasteiger partial charge in [0.25, 0.3) is 5.91 Å². The molecule has 0 unspecified atom stereocenters.